The van der Waals surface area contributed by atoms with Gasteiger partial charge in [-0.15, -0.1) is 0 Å². The van der Waals surface area contributed by atoms with E-state index in [0.29, 0.717) is 25.7 Å². The lowest BCUT2D eigenvalue weighted by Crippen LogP contribution is -2.61. The number of fused-ring (bicyclic) bond motifs is 5. The highest BCUT2D eigenvalue weighted by atomic mass is 16.3. The molecule has 0 amide bonds. The van der Waals surface area contributed by atoms with Crippen LogP contribution in [-0.4, -0.2) is 50.1 Å². The first kappa shape index (κ1) is 24.1. The fraction of sp³-hybridized carbons (Fsp3) is 0.815. The minimum absolute atomic E-state index is 0.0116. The second kappa shape index (κ2) is 8.04. The number of hydrogen-bond acceptors (Lipinski definition) is 5. The molecule has 0 spiro atoms. The molecule has 0 aromatic rings. The Morgan fingerprint density at radius 1 is 1.16 bits per heavy atom. The van der Waals surface area contributed by atoms with Gasteiger partial charge in [-0.2, -0.15) is 0 Å². The maximum absolute atomic E-state index is 13.2. The van der Waals surface area contributed by atoms with Gasteiger partial charge in [-0.05, 0) is 93.6 Å². The third-order valence-electron chi connectivity index (χ3n) is 10.2. The largest absolute Gasteiger partial charge is 0.393 e. The van der Waals surface area contributed by atoms with Crippen LogP contribution in [0, 0.1) is 34.5 Å². The lowest BCUT2D eigenvalue weighted by Gasteiger charge is -2.60. The summed E-state index contributed by atoms with van der Waals surface area (Å²) < 4.78 is 0. The third-order valence-corrected chi connectivity index (χ3v) is 10.2. The van der Waals surface area contributed by atoms with Gasteiger partial charge in [-0.1, -0.05) is 32.4 Å². The Morgan fingerprint density at radius 3 is 2.50 bits per heavy atom. The van der Waals surface area contributed by atoms with Gasteiger partial charge in [0.05, 0.1) is 23.9 Å². The fourth-order valence-corrected chi connectivity index (χ4v) is 8.09. The number of rotatable bonds is 4. The molecule has 180 valence electrons. The molecule has 5 nitrogen and oxygen atoms in total. The zero-order chi connectivity index (χ0) is 23.6. The van der Waals surface area contributed by atoms with E-state index in [0.717, 1.165) is 24.8 Å². The molecule has 10 atom stereocenters. The van der Waals surface area contributed by atoms with Crippen molar-refractivity contribution < 1.29 is 25.2 Å². The Bertz CT molecular complexity index is 828. The van der Waals surface area contributed by atoms with Crippen LogP contribution in [0.2, 0.25) is 0 Å². The number of ketones is 1. The summed E-state index contributed by atoms with van der Waals surface area (Å²) in [7, 11) is 0. The van der Waals surface area contributed by atoms with Crippen molar-refractivity contribution in [1.82, 2.24) is 0 Å². The number of aliphatic hydroxyl groups excluding tert-OH is 3. The molecular formula is C27H42O5. The average Bonchev–Trinajstić information content (AvgIpc) is 2.99. The topological polar surface area (TPSA) is 98.0 Å². The molecule has 0 bridgehead atoms. The molecule has 4 N–H and O–H groups in total. The predicted molar refractivity (Wildman–Crippen MR) is 124 cm³/mol. The normalized spacial score (nSPS) is 47.6. The first-order valence-corrected chi connectivity index (χ1v) is 12.5. The molecule has 0 radical (unpaired) electrons. The van der Waals surface area contributed by atoms with Crippen molar-refractivity contribution in [2.24, 2.45) is 34.5 Å². The highest BCUT2D eigenvalue weighted by Gasteiger charge is 2.67. The molecule has 32 heavy (non-hydrogen) atoms. The SMILES string of the molecule is CC(C)=CC[C@@H](O)[C@@H](C)[C@H]1CC[C@@]2(O)C3=CC(=O)[C@@H]4C[C@@H](O)[C@@H](O)C[C@]4(C)[C@H]3CC[C@]12C. The van der Waals surface area contributed by atoms with Crippen molar-refractivity contribution in [3.8, 4) is 0 Å². The van der Waals surface area contributed by atoms with Crippen molar-refractivity contribution in [3.63, 3.8) is 0 Å². The van der Waals surface area contributed by atoms with Crippen LogP contribution in [0.15, 0.2) is 23.3 Å². The summed E-state index contributed by atoms with van der Waals surface area (Å²) in [6.07, 6.45) is 6.09. The molecule has 0 heterocycles. The number of aliphatic hydroxyl groups is 4. The summed E-state index contributed by atoms with van der Waals surface area (Å²) in [5.41, 5.74) is 0.155. The highest BCUT2D eigenvalue weighted by Crippen LogP contribution is 2.68. The van der Waals surface area contributed by atoms with Crippen LogP contribution in [0.3, 0.4) is 0 Å². The molecule has 5 heteroatoms. The summed E-state index contributed by atoms with van der Waals surface area (Å²) in [4.78, 5) is 13.2. The van der Waals surface area contributed by atoms with Crippen LogP contribution < -0.4 is 0 Å². The van der Waals surface area contributed by atoms with Gasteiger partial charge in [-0.25, -0.2) is 0 Å². The van der Waals surface area contributed by atoms with E-state index in [-0.39, 0.29) is 29.5 Å². The van der Waals surface area contributed by atoms with Crippen LogP contribution >= 0.6 is 0 Å². The molecule has 0 saturated heterocycles. The molecule has 4 aliphatic carbocycles. The minimum Gasteiger partial charge on any atom is -0.393 e. The van der Waals surface area contributed by atoms with Crippen LogP contribution in [-0.2, 0) is 4.79 Å². The van der Waals surface area contributed by atoms with Gasteiger partial charge < -0.3 is 20.4 Å². The number of carbonyl (C=O) groups excluding carboxylic acids is 1. The second-order valence-corrected chi connectivity index (χ2v) is 12.1. The predicted octanol–water partition coefficient (Wildman–Crippen LogP) is 3.54. The summed E-state index contributed by atoms with van der Waals surface area (Å²) in [5.74, 6) is -0.0486. The lowest BCUT2D eigenvalue weighted by molar-refractivity contribution is -0.154. The summed E-state index contributed by atoms with van der Waals surface area (Å²) in [5, 5.41) is 43.8. The van der Waals surface area contributed by atoms with Crippen molar-refractivity contribution in [2.45, 2.75) is 103 Å². The van der Waals surface area contributed by atoms with Crippen LogP contribution in [0.25, 0.3) is 0 Å². The third kappa shape index (κ3) is 3.38. The lowest BCUT2D eigenvalue weighted by atomic mass is 9.46. The quantitative estimate of drug-likeness (QED) is 0.495. The van der Waals surface area contributed by atoms with E-state index in [1.54, 1.807) is 6.08 Å². The first-order chi connectivity index (χ1) is 14.8. The van der Waals surface area contributed by atoms with Gasteiger partial charge in [0.15, 0.2) is 5.78 Å². The Balaban J connectivity index is 1.66. The van der Waals surface area contributed by atoms with E-state index < -0.39 is 34.7 Å². The minimum atomic E-state index is -1.06. The smallest absolute Gasteiger partial charge is 0.159 e. The monoisotopic (exact) mass is 446 g/mol. The molecule has 0 aliphatic heterocycles. The molecule has 0 aromatic carbocycles. The standard InChI is InChI=1S/C27H42O5/c1-15(2)6-7-21(28)16(3)17-9-11-27(32)19-12-22(29)20-13-23(30)24(31)14-25(20,4)18(19)8-10-26(17,27)5/h6,12,16-18,20-21,23-24,28,30-32H,7-11,13-14H2,1-5H3/t16-,17+,18-,20-,21+,23+,24-,25+,26+,27+/m0/s1. The number of carbonyl (C=O) groups is 1. The number of allylic oxidation sites excluding steroid dienone is 2. The maximum Gasteiger partial charge on any atom is 0.159 e. The molecule has 0 aromatic heterocycles. The fourth-order valence-electron chi connectivity index (χ4n) is 8.09. The molecule has 3 fully saturated rings. The Labute approximate surface area is 192 Å². The molecular weight excluding hydrogens is 404 g/mol. The summed E-state index contributed by atoms with van der Waals surface area (Å²) in [6, 6.07) is 0. The van der Waals surface area contributed by atoms with E-state index >= 15 is 0 Å². The van der Waals surface area contributed by atoms with E-state index in [2.05, 4.69) is 26.8 Å². The Morgan fingerprint density at radius 2 is 1.84 bits per heavy atom. The van der Waals surface area contributed by atoms with Crippen molar-refractivity contribution >= 4 is 5.78 Å². The Hall–Kier alpha value is -1.01. The highest BCUT2D eigenvalue weighted by molar-refractivity contribution is 5.95. The Kier molecular flexibility index (Phi) is 6.06. The van der Waals surface area contributed by atoms with Crippen LogP contribution in [0.4, 0.5) is 0 Å². The summed E-state index contributed by atoms with van der Waals surface area (Å²) in [6.45, 7) is 10.4. The van der Waals surface area contributed by atoms with Gasteiger partial charge in [-0.3, -0.25) is 4.79 Å². The van der Waals surface area contributed by atoms with Gasteiger partial charge >= 0.3 is 0 Å². The number of hydrogen-bond donors (Lipinski definition) is 4. The first-order valence-electron chi connectivity index (χ1n) is 12.5. The average molecular weight is 447 g/mol. The van der Waals surface area contributed by atoms with E-state index in [1.165, 1.54) is 5.57 Å². The molecule has 4 rings (SSSR count). The molecule has 3 saturated carbocycles. The van der Waals surface area contributed by atoms with Crippen LogP contribution in [0.1, 0.15) is 79.6 Å². The van der Waals surface area contributed by atoms with E-state index in [9.17, 15) is 25.2 Å². The molecule has 4 aliphatic rings. The second-order valence-electron chi connectivity index (χ2n) is 12.1. The van der Waals surface area contributed by atoms with E-state index in [4.69, 9.17) is 0 Å². The van der Waals surface area contributed by atoms with Crippen LogP contribution in [0.5, 0.6) is 0 Å². The van der Waals surface area contributed by atoms with Crippen molar-refractivity contribution in [1.29, 1.82) is 0 Å². The van der Waals surface area contributed by atoms with E-state index in [1.807, 2.05) is 13.8 Å². The van der Waals surface area contributed by atoms with Gasteiger partial charge in [0.25, 0.3) is 0 Å². The van der Waals surface area contributed by atoms with Gasteiger partial charge in [0.2, 0.25) is 0 Å². The van der Waals surface area contributed by atoms with Crippen molar-refractivity contribution in [3.05, 3.63) is 23.3 Å². The van der Waals surface area contributed by atoms with Gasteiger partial charge in [0, 0.05) is 11.3 Å². The zero-order valence-corrected chi connectivity index (χ0v) is 20.3. The summed E-state index contributed by atoms with van der Waals surface area (Å²) >= 11 is 0. The van der Waals surface area contributed by atoms with Gasteiger partial charge in [0.1, 0.15) is 0 Å². The molecule has 0 unspecified atom stereocenters. The van der Waals surface area contributed by atoms with Crippen molar-refractivity contribution in [2.75, 3.05) is 0 Å². The zero-order valence-electron chi connectivity index (χ0n) is 20.3. The maximum atomic E-state index is 13.2.